The van der Waals surface area contributed by atoms with E-state index in [4.69, 9.17) is 0 Å². The lowest BCUT2D eigenvalue weighted by Gasteiger charge is -2.28. The van der Waals surface area contributed by atoms with Crippen LogP contribution in [0.25, 0.3) is 0 Å². The van der Waals surface area contributed by atoms with Gasteiger partial charge in [0.1, 0.15) is 6.04 Å². The van der Waals surface area contributed by atoms with Gasteiger partial charge in [-0.2, -0.15) is 0 Å². The SMILES string of the molecule is O=C1C2CCCN2C(=O)CCN1C1C=CS(=O)(=O)C1. The lowest BCUT2D eigenvalue weighted by molar-refractivity contribution is -0.139. The number of amides is 2. The Hall–Kier alpha value is -1.37. The van der Waals surface area contributed by atoms with Crippen LogP contribution in [0.1, 0.15) is 19.3 Å². The average molecular weight is 284 g/mol. The number of carbonyl (C=O) groups is 2. The van der Waals surface area contributed by atoms with E-state index >= 15 is 0 Å². The predicted octanol–water partition coefficient (Wildman–Crippen LogP) is -0.480. The highest BCUT2D eigenvalue weighted by Gasteiger charge is 2.42. The van der Waals surface area contributed by atoms with Crippen molar-refractivity contribution in [2.45, 2.75) is 31.3 Å². The predicted molar refractivity (Wildman–Crippen MR) is 67.8 cm³/mol. The third-order valence-corrected chi connectivity index (χ3v) is 5.40. The molecule has 2 amide bonds. The van der Waals surface area contributed by atoms with Gasteiger partial charge in [-0.25, -0.2) is 8.42 Å². The third kappa shape index (κ3) is 2.16. The molecule has 2 unspecified atom stereocenters. The zero-order valence-corrected chi connectivity index (χ0v) is 11.3. The van der Waals surface area contributed by atoms with Crippen molar-refractivity contribution in [3.63, 3.8) is 0 Å². The maximum atomic E-state index is 12.5. The van der Waals surface area contributed by atoms with Crippen LogP contribution in [0.4, 0.5) is 0 Å². The van der Waals surface area contributed by atoms with Crippen molar-refractivity contribution in [2.24, 2.45) is 0 Å². The standard InChI is InChI=1S/C12H16N2O4S/c15-11-3-6-13(9-4-7-19(17,18)8-9)12(16)10-2-1-5-14(10)11/h4,7,9-10H,1-3,5-6,8H2. The number of hydrogen-bond donors (Lipinski definition) is 0. The van der Waals surface area contributed by atoms with Gasteiger partial charge in [0.15, 0.2) is 9.84 Å². The van der Waals surface area contributed by atoms with Crippen molar-refractivity contribution in [3.05, 3.63) is 11.5 Å². The highest BCUT2D eigenvalue weighted by atomic mass is 32.2. The van der Waals surface area contributed by atoms with Gasteiger partial charge in [-0.05, 0) is 18.9 Å². The quantitative estimate of drug-likeness (QED) is 0.652. The Morgan fingerprint density at radius 1 is 1.16 bits per heavy atom. The van der Waals surface area contributed by atoms with E-state index in [1.54, 1.807) is 15.9 Å². The van der Waals surface area contributed by atoms with Crippen LogP contribution in [-0.2, 0) is 19.4 Å². The van der Waals surface area contributed by atoms with Gasteiger partial charge in [0.25, 0.3) is 0 Å². The summed E-state index contributed by atoms with van der Waals surface area (Å²) < 4.78 is 22.9. The molecule has 3 heterocycles. The summed E-state index contributed by atoms with van der Waals surface area (Å²) in [6, 6.07) is -0.794. The van der Waals surface area contributed by atoms with E-state index in [2.05, 4.69) is 0 Å². The van der Waals surface area contributed by atoms with Gasteiger partial charge in [-0.15, -0.1) is 0 Å². The second kappa shape index (κ2) is 4.33. The summed E-state index contributed by atoms with van der Waals surface area (Å²) >= 11 is 0. The second-order valence-electron chi connectivity index (χ2n) is 5.25. The molecule has 2 atom stereocenters. The maximum absolute atomic E-state index is 12.5. The molecule has 0 aromatic carbocycles. The van der Waals surface area contributed by atoms with Crippen LogP contribution in [0.3, 0.4) is 0 Å². The lowest BCUT2D eigenvalue weighted by Crippen LogP contribution is -2.47. The van der Waals surface area contributed by atoms with Crippen LogP contribution in [0.15, 0.2) is 11.5 Å². The van der Waals surface area contributed by atoms with E-state index < -0.39 is 15.9 Å². The molecular formula is C12H16N2O4S. The molecule has 0 aromatic heterocycles. The van der Waals surface area contributed by atoms with Crippen molar-refractivity contribution in [1.29, 1.82) is 0 Å². The third-order valence-electron chi connectivity index (χ3n) is 4.02. The molecule has 0 radical (unpaired) electrons. The van der Waals surface area contributed by atoms with E-state index in [-0.39, 0.29) is 30.0 Å². The van der Waals surface area contributed by atoms with Crippen molar-refractivity contribution in [2.75, 3.05) is 18.8 Å². The zero-order valence-electron chi connectivity index (χ0n) is 10.5. The summed E-state index contributed by atoms with van der Waals surface area (Å²) in [7, 11) is -3.19. The minimum Gasteiger partial charge on any atom is -0.333 e. The Morgan fingerprint density at radius 3 is 2.63 bits per heavy atom. The van der Waals surface area contributed by atoms with Gasteiger partial charge in [-0.1, -0.05) is 0 Å². The van der Waals surface area contributed by atoms with Crippen LogP contribution in [0, 0.1) is 0 Å². The van der Waals surface area contributed by atoms with Gasteiger partial charge < -0.3 is 9.80 Å². The second-order valence-corrected chi connectivity index (χ2v) is 7.18. The number of fused-ring (bicyclic) bond motifs is 1. The van der Waals surface area contributed by atoms with Gasteiger partial charge in [0, 0.05) is 24.9 Å². The Balaban J connectivity index is 1.85. The smallest absolute Gasteiger partial charge is 0.245 e. The molecule has 0 saturated carbocycles. The molecule has 0 aliphatic carbocycles. The molecule has 2 saturated heterocycles. The van der Waals surface area contributed by atoms with Crippen molar-refractivity contribution < 1.29 is 18.0 Å². The first-order valence-corrected chi connectivity index (χ1v) is 8.20. The fourth-order valence-electron chi connectivity index (χ4n) is 3.07. The van der Waals surface area contributed by atoms with Gasteiger partial charge >= 0.3 is 0 Å². The molecule has 3 rings (SSSR count). The van der Waals surface area contributed by atoms with Crippen LogP contribution in [-0.4, -0.2) is 61.0 Å². The molecule has 19 heavy (non-hydrogen) atoms. The number of hydrogen-bond acceptors (Lipinski definition) is 4. The highest BCUT2D eigenvalue weighted by molar-refractivity contribution is 7.94. The summed E-state index contributed by atoms with van der Waals surface area (Å²) in [6.45, 7) is 0.955. The average Bonchev–Trinajstić information content (AvgIpc) is 2.93. The minimum atomic E-state index is -3.19. The molecule has 0 bridgehead atoms. The fraction of sp³-hybridized carbons (Fsp3) is 0.667. The van der Waals surface area contributed by atoms with Gasteiger partial charge in [0.2, 0.25) is 11.8 Å². The maximum Gasteiger partial charge on any atom is 0.245 e. The Labute approximate surface area is 112 Å². The fourth-order valence-corrected chi connectivity index (χ4v) is 4.36. The molecule has 0 spiro atoms. The Morgan fingerprint density at radius 2 is 1.95 bits per heavy atom. The number of carbonyl (C=O) groups excluding carboxylic acids is 2. The first kappa shape index (κ1) is 12.7. The van der Waals surface area contributed by atoms with E-state index in [0.717, 1.165) is 6.42 Å². The molecule has 104 valence electrons. The van der Waals surface area contributed by atoms with E-state index in [0.29, 0.717) is 19.5 Å². The highest BCUT2D eigenvalue weighted by Crippen LogP contribution is 2.26. The molecule has 0 N–H and O–H groups in total. The summed E-state index contributed by atoms with van der Waals surface area (Å²) in [5, 5.41) is 1.17. The monoisotopic (exact) mass is 284 g/mol. The largest absolute Gasteiger partial charge is 0.333 e. The lowest BCUT2D eigenvalue weighted by atomic mass is 10.1. The Kier molecular flexibility index (Phi) is 2.88. The molecule has 7 heteroatoms. The topological polar surface area (TPSA) is 74.8 Å². The van der Waals surface area contributed by atoms with Gasteiger partial charge in [-0.3, -0.25) is 9.59 Å². The van der Waals surface area contributed by atoms with E-state index in [1.165, 1.54) is 5.41 Å². The number of nitrogens with zero attached hydrogens (tertiary/aromatic N) is 2. The van der Waals surface area contributed by atoms with Crippen molar-refractivity contribution in [1.82, 2.24) is 9.80 Å². The summed E-state index contributed by atoms with van der Waals surface area (Å²) in [5.74, 6) is -0.155. The molecular weight excluding hydrogens is 268 g/mol. The van der Waals surface area contributed by atoms with Crippen LogP contribution in [0.5, 0.6) is 0 Å². The van der Waals surface area contributed by atoms with Crippen molar-refractivity contribution in [3.8, 4) is 0 Å². The summed E-state index contributed by atoms with van der Waals surface area (Å²) in [4.78, 5) is 27.6. The molecule has 0 aromatic rings. The normalized spacial score (nSPS) is 33.7. The van der Waals surface area contributed by atoms with Crippen LogP contribution < -0.4 is 0 Å². The zero-order chi connectivity index (χ0) is 13.6. The van der Waals surface area contributed by atoms with Crippen molar-refractivity contribution >= 4 is 21.7 Å². The number of sulfone groups is 1. The van der Waals surface area contributed by atoms with E-state index in [1.807, 2.05) is 0 Å². The number of rotatable bonds is 1. The summed E-state index contributed by atoms with van der Waals surface area (Å²) in [5.41, 5.74) is 0. The van der Waals surface area contributed by atoms with Crippen LogP contribution in [0.2, 0.25) is 0 Å². The first-order chi connectivity index (χ1) is 8.98. The van der Waals surface area contributed by atoms with E-state index in [9.17, 15) is 18.0 Å². The minimum absolute atomic E-state index is 0.00295. The van der Waals surface area contributed by atoms with Crippen LogP contribution >= 0.6 is 0 Å². The molecule has 3 aliphatic rings. The summed E-state index contributed by atoms with van der Waals surface area (Å²) in [6.07, 6.45) is 3.37. The molecule has 3 aliphatic heterocycles. The first-order valence-electron chi connectivity index (χ1n) is 6.49. The Bertz CT molecular complexity index is 554. The molecule has 6 nitrogen and oxygen atoms in total. The molecule has 2 fully saturated rings. The van der Waals surface area contributed by atoms with Gasteiger partial charge in [0.05, 0.1) is 11.8 Å².